The van der Waals surface area contributed by atoms with Crippen molar-refractivity contribution in [1.82, 2.24) is 4.90 Å². The van der Waals surface area contributed by atoms with Crippen LogP contribution in [-0.2, 0) is 6.54 Å². The quantitative estimate of drug-likeness (QED) is 0.817. The minimum atomic E-state index is 0.469. The third-order valence-electron chi connectivity index (χ3n) is 2.62. The zero-order chi connectivity index (χ0) is 12.3. The fourth-order valence-corrected chi connectivity index (χ4v) is 1.78. The molecule has 0 spiro atoms. The Kier molecular flexibility index (Phi) is 4.90. The lowest BCUT2D eigenvalue weighted by Gasteiger charge is -2.22. The fraction of sp³-hybridized carbons (Fsp3) is 0.500. The van der Waals surface area contributed by atoms with E-state index in [1.54, 1.807) is 13.2 Å². The van der Waals surface area contributed by atoms with Gasteiger partial charge in [0.05, 0.1) is 12.1 Å². The van der Waals surface area contributed by atoms with Gasteiger partial charge in [-0.2, -0.15) is 0 Å². The number of benzene rings is 1. The van der Waals surface area contributed by atoms with Crippen molar-refractivity contribution in [2.75, 3.05) is 14.2 Å². The standard InChI is InChI=1S/C12H17Cl2NO/c1-8(2)15(3)7-9-5-11(14)12(16-4)6-10(9)13/h5-6,8H,7H2,1-4H3. The van der Waals surface area contributed by atoms with Crippen molar-refractivity contribution in [3.05, 3.63) is 27.7 Å². The Hall–Kier alpha value is -0.440. The molecule has 0 N–H and O–H groups in total. The third-order valence-corrected chi connectivity index (χ3v) is 3.27. The molecule has 2 nitrogen and oxygen atoms in total. The largest absolute Gasteiger partial charge is 0.495 e. The van der Waals surface area contributed by atoms with Crippen molar-refractivity contribution >= 4 is 23.2 Å². The molecule has 16 heavy (non-hydrogen) atoms. The van der Waals surface area contributed by atoms with Crippen LogP contribution in [-0.4, -0.2) is 25.1 Å². The van der Waals surface area contributed by atoms with Crippen molar-refractivity contribution in [1.29, 1.82) is 0 Å². The van der Waals surface area contributed by atoms with Gasteiger partial charge < -0.3 is 4.74 Å². The molecular weight excluding hydrogens is 245 g/mol. The Morgan fingerprint density at radius 3 is 2.38 bits per heavy atom. The van der Waals surface area contributed by atoms with E-state index in [9.17, 15) is 0 Å². The van der Waals surface area contributed by atoms with Crippen molar-refractivity contribution < 1.29 is 4.74 Å². The molecule has 0 fully saturated rings. The Labute approximate surface area is 107 Å². The second kappa shape index (κ2) is 5.76. The molecular formula is C12H17Cl2NO. The van der Waals surface area contributed by atoms with E-state index < -0.39 is 0 Å². The molecule has 4 heteroatoms. The second-order valence-corrected chi connectivity index (χ2v) is 4.90. The van der Waals surface area contributed by atoms with Crippen LogP contribution in [0.25, 0.3) is 0 Å². The second-order valence-electron chi connectivity index (χ2n) is 4.09. The van der Waals surface area contributed by atoms with Gasteiger partial charge >= 0.3 is 0 Å². The number of rotatable bonds is 4. The summed E-state index contributed by atoms with van der Waals surface area (Å²) in [5, 5.41) is 1.29. The van der Waals surface area contributed by atoms with Crippen LogP contribution < -0.4 is 4.74 Å². The predicted molar refractivity (Wildman–Crippen MR) is 69.6 cm³/mol. The summed E-state index contributed by atoms with van der Waals surface area (Å²) < 4.78 is 5.10. The van der Waals surface area contributed by atoms with Gasteiger partial charge in [-0.25, -0.2) is 0 Å². The number of hydrogen-bond acceptors (Lipinski definition) is 2. The molecule has 0 aliphatic rings. The van der Waals surface area contributed by atoms with Crippen LogP contribution in [0.5, 0.6) is 5.75 Å². The van der Waals surface area contributed by atoms with Gasteiger partial charge in [-0.3, -0.25) is 4.90 Å². The molecule has 0 radical (unpaired) electrons. The van der Waals surface area contributed by atoms with Gasteiger partial charge in [0.1, 0.15) is 5.75 Å². The molecule has 1 aromatic carbocycles. The summed E-state index contributed by atoms with van der Waals surface area (Å²) in [6.07, 6.45) is 0. The molecule has 0 aromatic heterocycles. The van der Waals surface area contributed by atoms with Crippen LogP contribution in [0.1, 0.15) is 19.4 Å². The Morgan fingerprint density at radius 1 is 1.25 bits per heavy atom. The fourth-order valence-electron chi connectivity index (χ4n) is 1.30. The van der Waals surface area contributed by atoms with Gasteiger partial charge in [0, 0.05) is 23.7 Å². The first-order valence-corrected chi connectivity index (χ1v) is 5.93. The van der Waals surface area contributed by atoms with E-state index in [-0.39, 0.29) is 0 Å². The highest BCUT2D eigenvalue weighted by molar-refractivity contribution is 6.34. The number of halogens is 2. The van der Waals surface area contributed by atoms with Crippen LogP contribution in [0.2, 0.25) is 10.0 Å². The van der Waals surface area contributed by atoms with E-state index in [1.807, 2.05) is 6.07 Å². The van der Waals surface area contributed by atoms with Crippen LogP contribution in [0, 0.1) is 0 Å². The first kappa shape index (κ1) is 13.6. The number of ether oxygens (including phenoxy) is 1. The Balaban J connectivity index is 2.93. The monoisotopic (exact) mass is 261 g/mol. The zero-order valence-electron chi connectivity index (χ0n) is 10.1. The maximum Gasteiger partial charge on any atom is 0.138 e. The highest BCUT2D eigenvalue weighted by Crippen LogP contribution is 2.31. The smallest absolute Gasteiger partial charge is 0.138 e. The average molecular weight is 262 g/mol. The third kappa shape index (κ3) is 3.27. The van der Waals surface area contributed by atoms with Crippen molar-refractivity contribution in [2.24, 2.45) is 0 Å². The minimum Gasteiger partial charge on any atom is -0.495 e. The van der Waals surface area contributed by atoms with Crippen molar-refractivity contribution in [2.45, 2.75) is 26.4 Å². The van der Waals surface area contributed by atoms with Crippen molar-refractivity contribution in [3.8, 4) is 5.75 Å². The first-order chi connectivity index (χ1) is 7.45. The summed E-state index contributed by atoms with van der Waals surface area (Å²) in [7, 11) is 3.64. The molecule has 0 aliphatic heterocycles. The summed E-state index contributed by atoms with van der Waals surface area (Å²) >= 11 is 12.2. The molecule has 0 saturated heterocycles. The lowest BCUT2D eigenvalue weighted by Crippen LogP contribution is -2.25. The molecule has 0 unspecified atom stereocenters. The summed E-state index contributed by atoms with van der Waals surface area (Å²) in [4.78, 5) is 2.20. The molecule has 0 bridgehead atoms. The lowest BCUT2D eigenvalue weighted by molar-refractivity contribution is 0.266. The van der Waals surface area contributed by atoms with Gasteiger partial charge in [-0.1, -0.05) is 23.2 Å². The minimum absolute atomic E-state index is 0.469. The molecule has 1 rings (SSSR count). The van der Waals surface area contributed by atoms with Gasteiger partial charge in [0.25, 0.3) is 0 Å². The normalized spacial score (nSPS) is 11.2. The molecule has 1 aromatic rings. The number of hydrogen-bond donors (Lipinski definition) is 0. The molecule has 90 valence electrons. The lowest BCUT2D eigenvalue weighted by atomic mass is 10.2. The zero-order valence-corrected chi connectivity index (χ0v) is 11.6. The first-order valence-electron chi connectivity index (χ1n) is 5.17. The average Bonchev–Trinajstić information content (AvgIpc) is 2.22. The van der Waals surface area contributed by atoms with Gasteiger partial charge in [0.2, 0.25) is 0 Å². The van der Waals surface area contributed by atoms with Crippen LogP contribution in [0.4, 0.5) is 0 Å². The molecule has 0 heterocycles. The summed E-state index contributed by atoms with van der Waals surface area (Å²) in [6.45, 7) is 5.05. The van der Waals surface area contributed by atoms with Gasteiger partial charge in [-0.05, 0) is 32.5 Å². The summed E-state index contributed by atoms with van der Waals surface area (Å²) in [6, 6.07) is 4.09. The molecule has 0 saturated carbocycles. The number of methoxy groups -OCH3 is 1. The Morgan fingerprint density at radius 2 is 1.88 bits per heavy atom. The summed E-state index contributed by atoms with van der Waals surface area (Å²) in [5.74, 6) is 0.614. The summed E-state index contributed by atoms with van der Waals surface area (Å²) in [5.41, 5.74) is 1.02. The van der Waals surface area contributed by atoms with Gasteiger partial charge in [-0.15, -0.1) is 0 Å². The molecule has 0 atom stereocenters. The van der Waals surface area contributed by atoms with E-state index >= 15 is 0 Å². The predicted octanol–water partition coefficient (Wildman–Crippen LogP) is 3.84. The van der Waals surface area contributed by atoms with E-state index in [1.165, 1.54) is 0 Å². The maximum atomic E-state index is 6.16. The maximum absolute atomic E-state index is 6.16. The Bertz CT molecular complexity index is 366. The highest BCUT2D eigenvalue weighted by Gasteiger charge is 2.11. The number of nitrogens with zero attached hydrogens (tertiary/aromatic N) is 1. The molecule has 0 aliphatic carbocycles. The SMILES string of the molecule is COc1cc(Cl)c(CN(C)C(C)C)cc1Cl. The van der Waals surface area contributed by atoms with E-state index in [0.29, 0.717) is 21.8 Å². The van der Waals surface area contributed by atoms with Crippen LogP contribution in [0.15, 0.2) is 12.1 Å². The van der Waals surface area contributed by atoms with E-state index in [0.717, 1.165) is 12.1 Å². The van der Waals surface area contributed by atoms with Gasteiger partial charge in [0.15, 0.2) is 0 Å². The highest BCUT2D eigenvalue weighted by atomic mass is 35.5. The topological polar surface area (TPSA) is 12.5 Å². The van der Waals surface area contributed by atoms with E-state index in [4.69, 9.17) is 27.9 Å². The van der Waals surface area contributed by atoms with Crippen molar-refractivity contribution in [3.63, 3.8) is 0 Å². The van der Waals surface area contributed by atoms with Crippen LogP contribution in [0.3, 0.4) is 0 Å². The molecule has 0 amide bonds. The van der Waals surface area contributed by atoms with Crippen LogP contribution >= 0.6 is 23.2 Å². The van der Waals surface area contributed by atoms with E-state index in [2.05, 4.69) is 25.8 Å².